The Morgan fingerprint density at radius 1 is 1.33 bits per heavy atom. The highest BCUT2D eigenvalue weighted by molar-refractivity contribution is 7.99. The molecule has 1 aliphatic carbocycles. The fourth-order valence-electron chi connectivity index (χ4n) is 3.90. The third-order valence-corrected chi connectivity index (χ3v) is 6.78. The maximum Gasteiger partial charge on any atom is 0.0638 e. The summed E-state index contributed by atoms with van der Waals surface area (Å²) in [6, 6.07) is 0.648. The van der Waals surface area contributed by atoms with E-state index in [2.05, 4.69) is 42.4 Å². The second-order valence-corrected chi connectivity index (χ2v) is 9.01. The van der Waals surface area contributed by atoms with Crippen LogP contribution in [0, 0.1) is 11.8 Å². The molecule has 140 valence electrons. The van der Waals surface area contributed by atoms with Gasteiger partial charge >= 0.3 is 0 Å². The number of rotatable bonds is 12. The molecular formula is C20H38N2OS. The van der Waals surface area contributed by atoms with E-state index in [9.17, 15) is 0 Å². The van der Waals surface area contributed by atoms with E-state index >= 15 is 0 Å². The van der Waals surface area contributed by atoms with Crippen LogP contribution in [-0.2, 0) is 4.74 Å². The first-order chi connectivity index (χ1) is 11.7. The molecule has 0 aromatic heterocycles. The predicted octanol–water partition coefficient (Wildman–Crippen LogP) is 4.54. The minimum absolute atomic E-state index is 0.648. The van der Waals surface area contributed by atoms with Gasteiger partial charge in [0, 0.05) is 42.8 Å². The van der Waals surface area contributed by atoms with Crippen molar-refractivity contribution in [2.75, 3.05) is 25.5 Å². The van der Waals surface area contributed by atoms with Crippen molar-refractivity contribution in [2.24, 2.45) is 11.8 Å². The SMILES string of the molecule is CCOCCNC1=CNC(C2CCCC2SCCCCC(C)C)C1. The van der Waals surface area contributed by atoms with Crippen LogP contribution < -0.4 is 10.6 Å². The Morgan fingerprint density at radius 2 is 2.21 bits per heavy atom. The lowest BCUT2D eigenvalue weighted by Gasteiger charge is -2.26. The van der Waals surface area contributed by atoms with Gasteiger partial charge < -0.3 is 15.4 Å². The molecule has 1 saturated carbocycles. The van der Waals surface area contributed by atoms with E-state index in [1.54, 1.807) is 0 Å². The summed E-state index contributed by atoms with van der Waals surface area (Å²) in [4.78, 5) is 0. The normalized spacial score (nSPS) is 26.7. The molecule has 2 rings (SSSR count). The summed E-state index contributed by atoms with van der Waals surface area (Å²) in [7, 11) is 0. The Labute approximate surface area is 153 Å². The molecule has 0 bridgehead atoms. The first-order valence-electron chi connectivity index (χ1n) is 10.1. The molecule has 24 heavy (non-hydrogen) atoms. The molecule has 0 spiro atoms. The minimum atomic E-state index is 0.648. The average Bonchev–Trinajstić information content (AvgIpc) is 3.19. The monoisotopic (exact) mass is 354 g/mol. The predicted molar refractivity (Wildman–Crippen MR) is 106 cm³/mol. The van der Waals surface area contributed by atoms with Crippen LogP contribution in [-0.4, -0.2) is 36.8 Å². The van der Waals surface area contributed by atoms with Crippen LogP contribution in [0.1, 0.15) is 65.7 Å². The van der Waals surface area contributed by atoms with Gasteiger partial charge in [0.2, 0.25) is 0 Å². The van der Waals surface area contributed by atoms with E-state index < -0.39 is 0 Å². The first kappa shape index (κ1) is 20.0. The molecule has 0 aromatic rings. The molecule has 0 radical (unpaired) electrons. The molecule has 3 nitrogen and oxygen atoms in total. The largest absolute Gasteiger partial charge is 0.386 e. The van der Waals surface area contributed by atoms with Crippen LogP contribution in [0.5, 0.6) is 0 Å². The van der Waals surface area contributed by atoms with E-state index in [0.717, 1.165) is 36.8 Å². The zero-order chi connectivity index (χ0) is 17.2. The summed E-state index contributed by atoms with van der Waals surface area (Å²) in [5.74, 6) is 3.06. The van der Waals surface area contributed by atoms with Crippen molar-refractivity contribution in [3.63, 3.8) is 0 Å². The van der Waals surface area contributed by atoms with E-state index in [-0.39, 0.29) is 0 Å². The van der Waals surface area contributed by atoms with E-state index in [0.29, 0.717) is 6.04 Å². The number of unbranched alkanes of at least 4 members (excludes halogenated alkanes) is 1. The lowest BCUT2D eigenvalue weighted by atomic mass is 9.96. The number of hydrogen-bond donors (Lipinski definition) is 2. The van der Waals surface area contributed by atoms with E-state index in [4.69, 9.17) is 4.74 Å². The summed E-state index contributed by atoms with van der Waals surface area (Å²) in [5.41, 5.74) is 1.37. The Hall–Kier alpha value is -0.350. The van der Waals surface area contributed by atoms with Gasteiger partial charge in [-0.1, -0.05) is 33.1 Å². The van der Waals surface area contributed by atoms with Crippen LogP contribution in [0.3, 0.4) is 0 Å². The Balaban J connectivity index is 1.63. The zero-order valence-corrected chi connectivity index (χ0v) is 16.8. The number of ether oxygens (including phenoxy) is 1. The maximum absolute atomic E-state index is 5.40. The second-order valence-electron chi connectivity index (χ2n) is 7.66. The average molecular weight is 355 g/mol. The highest BCUT2D eigenvalue weighted by atomic mass is 32.2. The van der Waals surface area contributed by atoms with Gasteiger partial charge in [-0.25, -0.2) is 0 Å². The number of thioether (sulfide) groups is 1. The molecule has 3 unspecified atom stereocenters. The van der Waals surface area contributed by atoms with Crippen LogP contribution in [0.4, 0.5) is 0 Å². The standard InChI is InChI=1S/C20H38N2OS/c1-4-23-12-11-21-17-14-19(22-15-17)18-9-7-10-20(18)24-13-6-5-8-16(2)3/h15-16,18-22H,4-14H2,1-3H3. The Kier molecular flexibility index (Phi) is 9.40. The summed E-state index contributed by atoms with van der Waals surface area (Å²) in [5, 5.41) is 8.05. The molecule has 0 aromatic carbocycles. The van der Waals surface area contributed by atoms with E-state index in [1.165, 1.54) is 56.4 Å². The molecular weight excluding hydrogens is 316 g/mol. The highest BCUT2D eigenvalue weighted by Gasteiger charge is 2.35. The lowest BCUT2D eigenvalue weighted by molar-refractivity contribution is 0.151. The maximum atomic E-state index is 5.40. The molecule has 0 saturated heterocycles. The topological polar surface area (TPSA) is 33.3 Å². The number of hydrogen-bond acceptors (Lipinski definition) is 4. The fraction of sp³-hybridized carbons (Fsp3) is 0.900. The Morgan fingerprint density at radius 3 is 3.00 bits per heavy atom. The van der Waals surface area contributed by atoms with Crippen molar-refractivity contribution >= 4 is 11.8 Å². The van der Waals surface area contributed by atoms with Crippen LogP contribution >= 0.6 is 11.8 Å². The molecule has 4 heteroatoms. The fourth-order valence-corrected chi connectivity index (χ4v) is 5.48. The third kappa shape index (κ3) is 6.87. The van der Waals surface area contributed by atoms with Crippen molar-refractivity contribution in [3.8, 4) is 0 Å². The van der Waals surface area contributed by atoms with E-state index in [1.807, 2.05) is 6.92 Å². The summed E-state index contributed by atoms with van der Waals surface area (Å²) >= 11 is 2.25. The molecule has 2 aliphatic rings. The quantitative estimate of drug-likeness (QED) is 0.504. The molecule has 0 amide bonds. The van der Waals surface area contributed by atoms with Gasteiger partial charge in [0.1, 0.15) is 0 Å². The van der Waals surface area contributed by atoms with Gasteiger partial charge in [0.05, 0.1) is 6.61 Å². The first-order valence-corrected chi connectivity index (χ1v) is 11.1. The molecule has 1 fully saturated rings. The van der Waals surface area contributed by atoms with Crippen molar-refractivity contribution < 1.29 is 4.74 Å². The summed E-state index contributed by atoms with van der Waals surface area (Å²) < 4.78 is 5.40. The summed E-state index contributed by atoms with van der Waals surface area (Å²) in [6.45, 7) is 9.24. The second kappa shape index (κ2) is 11.3. The lowest BCUT2D eigenvalue weighted by Crippen LogP contribution is -2.33. The third-order valence-electron chi connectivity index (χ3n) is 5.24. The van der Waals surface area contributed by atoms with Gasteiger partial charge in [0.15, 0.2) is 0 Å². The molecule has 3 atom stereocenters. The van der Waals surface area contributed by atoms with Gasteiger partial charge in [-0.3, -0.25) is 0 Å². The highest BCUT2D eigenvalue weighted by Crippen LogP contribution is 2.39. The molecule has 1 heterocycles. The van der Waals surface area contributed by atoms with Crippen molar-refractivity contribution in [3.05, 3.63) is 11.9 Å². The number of nitrogens with one attached hydrogen (secondary N) is 2. The van der Waals surface area contributed by atoms with Crippen LogP contribution in [0.2, 0.25) is 0 Å². The summed E-state index contributed by atoms with van der Waals surface area (Å²) in [6.07, 6.45) is 11.8. The molecule has 2 N–H and O–H groups in total. The van der Waals surface area contributed by atoms with Gasteiger partial charge in [-0.15, -0.1) is 0 Å². The van der Waals surface area contributed by atoms with Gasteiger partial charge in [0.25, 0.3) is 0 Å². The van der Waals surface area contributed by atoms with Crippen LogP contribution in [0.25, 0.3) is 0 Å². The Bertz CT molecular complexity index is 373. The molecule has 1 aliphatic heterocycles. The van der Waals surface area contributed by atoms with Crippen molar-refractivity contribution in [2.45, 2.75) is 77.0 Å². The van der Waals surface area contributed by atoms with Crippen molar-refractivity contribution in [1.29, 1.82) is 0 Å². The smallest absolute Gasteiger partial charge is 0.0638 e. The minimum Gasteiger partial charge on any atom is -0.386 e. The van der Waals surface area contributed by atoms with Crippen molar-refractivity contribution in [1.82, 2.24) is 10.6 Å². The van der Waals surface area contributed by atoms with Crippen LogP contribution in [0.15, 0.2) is 11.9 Å². The zero-order valence-electron chi connectivity index (χ0n) is 16.0. The van der Waals surface area contributed by atoms with Gasteiger partial charge in [-0.2, -0.15) is 11.8 Å². The van der Waals surface area contributed by atoms with Gasteiger partial charge in [-0.05, 0) is 43.8 Å².